The number of hydrogen-bond donors (Lipinski definition) is 1. The van der Waals surface area contributed by atoms with Crippen LogP contribution in [0.15, 0.2) is 0 Å². The predicted octanol–water partition coefficient (Wildman–Crippen LogP) is 3.75. The zero-order valence-corrected chi connectivity index (χ0v) is 12.2. The standard InChI is InChI=1S/C16H29NO/c1-11(2)14-9-8-12(3)10-15(14)16(18)17-13-6-4-5-7-13/h11-15H,4-10H2,1-3H3,(H,17,18). The quantitative estimate of drug-likeness (QED) is 0.813. The van der Waals surface area contributed by atoms with Crippen molar-refractivity contribution in [3.05, 3.63) is 0 Å². The van der Waals surface area contributed by atoms with Crippen molar-refractivity contribution in [1.82, 2.24) is 5.32 Å². The number of carbonyl (C=O) groups excluding carboxylic acids is 1. The maximum atomic E-state index is 12.5. The third kappa shape index (κ3) is 3.27. The fourth-order valence-corrected chi connectivity index (χ4v) is 3.88. The molecule has 0 aromatic carbocycles. The zero-order chi connectivity index (χ0) is 13.1. The van der Waals surface area contributed by atoms with Gasteiger partial charge in [0.1, 0.15) is 0 Å². The summed E-state index contributed by atoms with van der Waals surface area (Å²) in [7, 11) is 0. The van der Waals surface area contributed by atoms with E-state index in [1.54, 1.807) is 0 Å². The van der Waals surface area contributed by atoms with E-state index in [9.17, 15) is 4.79 Å². The summed E-state index contributed by atoms with van der Waals surface area (Å²) in [5, 5.41) is 3.32. The van der Waals surface area contributed by atoms with Crippen LogP contribution >= 0.6 is 0 Å². The molecule has 0 aromatic heterocycles. The second-order valence-corrected chi connectivity index (χ2v) is 6.92. The van der Waals surface area contributed by atoms with E-state index in [1.807, 2.05) is 0 Å². The van der Waals surface area contributed by atoms with Gasteiger partial charge in [-0.05, 0) is 43.4 Å². The van der Waals surface area contributed by atoms with Crippen LogP contribution in [0.3, 0.4) is 0 Å². The number of carbonyl (C=O) groups is 1. The van der Waals surface area contributed by atoms with E-state index in [4.69, 9.17) is 0 Å². The summed E-state index contributed by atoms with van der Waals surface area (Å²) < 4.78 is 0. The minimum atomic E-state index is 0.273. The predicted molar refractivity (Wildman–Crippen MR) is 75.2 cm³/mol. The van der Waals surface area contributed by atoms with Crippen molar-refractivity contribution in [2.45, 2.75) is 71.8 Å². The van der Waals surface area contributed by atoms with Gasteiger partial charge in [0.2, 0.25) is 5.91 Å². The minimum absolute atomic E-state index is 0.273. The SMILES string of the molecule is CC1CCC(C(C)C)C(C(=O)NC2CCCC2)C1. The Morgan fingerprint density at radius 1 is 1.11 bits per heavy atom. The number of amides is 1. The highest BCUT2D eigenvalue weighted by molar-refractivity contribution is 5.79. The van der Waals surface area contributed by atoms with Gasteiger partial charge in [-0.2, -0.15) is 0 Å². The van der Waals surface area contributed by atoms with E-state index in [0.717, 1.165) is 12.3 Å². The third-order valence-corrected chi connectivity index (χ3v) is 5.06. The molecular formula is C16H29NO. The van der Waals surface area contributed by atoms with Gasteiger partial charge in [0, 0.05) is 12.0 Å². The van der Waals surface area contributed by atoms with Crippen LogP contribution in [-0.2, 0) is 4.79 Å². The highest BCUT2D eigenvalue weighted by Gasteiger charge is 2.36. The molecule has 0 aromatic rings. The summed E-state index contributed by atoms with van der Waals surface area (Å²) in [6, 6.07) is 0.475. The third-order valence-electron chi connectivity index (χ3n) is 5.06. The monoisotopic (exact) mass is 251 g/mol. The maximum Gasteiger partial charge on any atom is 0.223 e. The van der Waals surface area contributed by atoms with Crippen LogP contribution in [0, 0.1) is 23.7 Å². The molecule has 0 radical (unpaired) electrons. The number of rotatable bonds is 3. The van der Waals surface area contributed by atoms with Crippen molar-refractivity contribution in [3.8, 4) is 0 Å². The van der Waals surface area contributed by atoms with Crippen LogP contribution in [-0.4, -0.2) is 11.9 Å². The first-order valence-electron chi connectivity index (χ1n) is 7.88. The van der Waals surface area contributed by atoms with Crippen molar-refractivity contribution in [1.29, 1.82) is 0 Å². The summed E-state index contributed by atoms with van der Waals surface area (Å²) in [5.41, 5.74) is 0. The van der Waals surface area contributed by atoms with E-state index >= 15 is 0 Å². The van der Waals surface area contributed by atoms with E-state index in [-0.39, 0.29) is 5.92 Å². The summed E-state index contributed by atoms with van der Waals surface area (Å²) in [6.07, 6.45) is 8.61. The van der Waals surface area contributed by atoms with Gasteiger partial charge in [-0.15, -0.1) is 0 Å². The Morgan fingerprint density at radius 2 is 1.78 bits per heavy atom. The van der Waals surface area contributed by atoms with Crippen molar-refractivity contribution in [2.75, 3.05) is 0 Å². The fourth-order valence-electron chi connectivity index (χ4n) is 3.88. The molecule has 3 unspecified atom stereocenters. The highest BCUT2D eigenvalue weighted by atomic mass is 16.2. The molecule has 2 saturated carbocycles. The largest absolute Gasteiger partial charge is 0.353 e. The molecule has 104 valence electrons. The Morgan fingerprint density at radius 3 is 2.39 bits per heavy atom. The molecule has 0 saturated heterocycles. The molecule has 2 rings (SSSR count). The van der Waals surface area contributed by atoms with E-state index in [1.165, 1.54) is 38.5 Å². The van der Waals surface area contributed by atoms with Crippen LogP contribution in [0.5, 0.6) is 0 Å². The molecule has 0 heterocycles. The molecule has 1 amide bonds. The van der Waals surface area contributed by atoms with Crippen molar-refractivity contribution in [3.63, 3.8) is 0 Å². The average molecular weight is 251 g/mol. The first-order valence-corrected chi connectivity index (χ1v) is 7.88. The topological polar surface area (TPSA) is 29.1 Å². The second kappa shape index (κ2) is 6.08. The Labute approximate surface area is 112 Å². The molecule has 2 aliphatic rings. The van der Waals surface area contributed by atoms with Gasteiger partial charge in [-0.1, -0.05) is 40.0 Å². The van der Waals surface area contributed by atoms with Gasteiger partial charge >= 0.3 is 0 Å². The summed E-state index contributed by atoms with van der Waals surface area (Å²) in [4.78, 5) is 12.5. The lowest BCUT2D eigenvalue weighted by atomic mass is 9.69. The number of hydrogen-bond acceptors (Lipinski definition) is 1. The highest BCUT2D eigenvalue weighted by Crippen LogP contribution is 2.38. The Balaban J connectivity index is 1.95. The molecule has 2 fully saturated rings. The molecule has 1 N–H and O–H groups in total. The maximum absolute atomic E-state index is 12.5. The molecule has 0 spiro atoms. The normalized spacial score (nSPS) is 33.9. The molecular weight excluding hydrogens is 222 g/mol. The first kappa shape index (κ1) is 13.9. The minimum Gasteiger partial charge on any atom is -0.353 e. The Kier molecular flexibility index (Phi) is 4.69. The summed E-state index contributed by atoms with van der Waals surface area (Å²) in [5.74, 6) is 2.58. The van der Waals surface area contributed by atoms with Gasteiger partial charge in [0.25, 0.3) is 0 Å². The van der Waals surface area contributed by atoms with Gasteiger partial charge in [0.05, 0.1) is 0 Å². The van der Waals surface area contributed by atoms with Gasteiger partial charge in [0.15, 0.2) is 0 Å². The van der Waals surface area contributed by atoms with Crippen molar-refractivity contribution >= 4 is 5.91 Å². The van der Waals surface area contributed by atoms with Crippen molar-refractivity contribution < 1.29 is 4.79 Å². The summed E-state index contributed by atoms with van der Waals surface area (Å²) >= 11 is 0. The van der Waals surface area contributed by atoms with E-state index < -0.39 is 0 Å². The second-order valence-electron chi connectivity index (χ2n) is 6.92. The lowest BCUT2D eigenvalue weighted by Crippen LogP contribution is -2.43. The molecule has 2 heteroatoms. The Hall–Kier alpha value is -0.530. The van der Waals surface area contributed by atoms with Gasteiger partial charge in [-0.25, -0.2) is 0 Å². The first-order chi connectivity index (χ1) is 8.58. The fraction of sp³-hybridized carbons (Fsp3) is 0.938. The molecule has 0 bridgehead atoms. The summed E-state index contributed by atoms with van der Waals surface area (Å²) in [6.45, 7) is 6.85. The molecule has 2 aliphatic carbocycles. The lowest BCUT2D eigenvalue weighted by molar-refractivity contribution is -0.130. The van der Waals surface area contributed by atoms with Crippen molar-refractivity contribution in [2.24, 2.45) is 23.7 Å². The molecule has 2 nitrogen and oxygen atoms in total. The van der Waals surface area contributed by atoms with Crippen LogP contribution in [0.1, 0.15) is 65.7 Å². The van der Waals surface area contributed by atoms with Crippen LogP contribution in [0.2, 0.25) is 0 Å². The smallest absolute Gasteiger partial charge is 0.223 e. The van der Waals surface area contributed by atoms with E-state index in [2.05, 4.69) is 26.1 Å². The average Bonchev–Trinajstić information content (AvgIpc) is 2.81. The van der Waals surface area contributed by atoms with E-state index in [0.29, 0.717) is 23.8 Å². The van der Waals surface area contributed by atoms with Gasteiger partial charge < -0.3 is 5.32 Å². The number of nitrogens with one attached hydrogen (secondary N) is 1. The van der Waals surface area contributed by atoms with Gasteiger partial charge in [-0.3, -0.25) is 4.79 Å². The van der Waals surface area contributed by atoms with Crippen LogP contribution in [0.4, 0.5) is 0 Å². The van der Waals surface area contributed by atoms with Crippen LogP contribution < -0.4 is 5.32 Å². The zero-order valence-electron chi connectivity index (χ0n) is 12.2. The molecule has 0 aliphatic heterocycles. The molecule has 18 heavy (non-hydrogen) atoms. The Bertz CT molecular complexity index is 281. The van der Waals surface area contributed by atoms with Crippen LogP contribution in [0.25, 0.3) is 0 Å². The molecule has 3 atom stereocenters. The lowest BCUT2D eigenvalue weighted by Gasteiger charge is -2.37.